The van der Waals surface area contributed by atoms with Crippen LogP contribution in [0.25, 0.3) is 10.9 Å². The van der Waals surface area contributed by atoms with Crippen molar-refractivity contribution < 1.29 is 41.5 Å². The maximum absolute atomic E-state index is 14.7. The smallest absolute Gasteiger partial charge is 0.403 e. The standard InChI is InChI=1S/C29H27F4N5O5/c1-14(39)19-12-37(21-8-7-17(11-18(19)21)35-28(42)34-16-5-6-16)13-25(40)38-22-9-15(22)10-23(38)27(41)36-20-3-2-4-24(26(20)30)43-29(31,32)33/h2-4,7-8,11-12,15-16,22-23H,5-6,9-10,13H2,1H3,(H,36,41)(H2,34,35,42)/t15-,22?,23+/m1/s1. The van der Waals surface area contributed by atoms with Gasteiger partial charge in [-0.15, -0.1) is 13.2 Å². The van der Waals surface area contributed by atoms with Crippen LogP contribution >= 0.6 is 0 Å². The Balaban J connectivity index is 1.19. The number of Topliss-reactive ketones (excluding diaryl/α,β-unsaturated/α-hetero) is 1. The average Bonchev–Trinajstić information content (AvgIpc) is 3.83. The summed E-state index contributed by atoms with van der Waals surface area (Å²) >= 11 is 0. The van der Waals surface area contributed by atoms with Crippen molar-refractivity contribution in [1.29, 1.82) is 0 Å². The molecular formula is C29H27F4N5O5. The number of halogens is 4. The first-order valence-corrected chi connectivity index (χ1v) is 13.8. The third-order valence-electron chi connectivity index (χ3n) is 7.88. The number of ketones is 1. The van der Waals surface area contributed by atoms with Gasteiger partial charge >= 0.3 is 12.4 Å². The number of hydrogen-bond donors (Lipinski definition) is 3. The van der Waals surface area contributed by atoms with Gasteiger partial charge in [0, 0.05) is 40.4 Å². The summed E-state index contributed by atoms with van der Waals surface area (Å²) in [5.41, 5.74) is 0.900. The number of fused-ring (bicyclic) bond motifs is 2. The molecule has 2 aliphatic carbocycles. The van der Waals surface area contributed by atoms with E-state index in [2.05, 4.69) is 20.7 Å². The van der Waals surface area contributed by atoms with E-state index in [-0.39, 0.29) is 36.4 Å². The summed E-state index contributed by atoms with van der Waals surface area (Å²) in [6.07, 6.45) is -0.684. The molecule has 0 bridgehead atoms. The molecule has 14 heteroatoms. The second-order valence-electron chi connectivity index (χ2n) is 11.1. The topological polar surface area (TPSA) is 122 Å². The van der Waals surface area contributed by atoms with Crippen LogP contribution in [0, 0.1) is 11.7 Å². The van der Waals surface area contributed by atoms with Crippen molar-refractivity contribution in [2.45, 2.75) is 63.6 Å². The van der Waals surface area contributed by atoms with Crippen molar-refractivity contribution in [2.24, 2.45) is 5.92 Å². The summed E-state index contributed by atoms with van der Waals surface area (Å²) in [5.74, 6) is -3.77. The molecule has 43 heavy (non-hydrogen) atoms. The lowest BCUT2D eigenvalue weighted by Crippen LogP contribution is -2.46. The number of hydrogen-bond acceptors (Lipinski definition) is 5. The minimum Gasteiger partial charge on any atom is -0.403 e. The molecule has 3 aromatic rings. The van der Waals surface area contributed by atoms with Crippen LogP contribution in [0.15, 0.2) is 42.6 Å². The first-order chi connectivity index (χ1) is 20.4. The number of likely N-dealkylation sites (tertiary alicyclic amines) is 1. The highest BCUT2D eigenvalue weighted by atomic mass is 19.4. The fraction of sp³-hybridized carbons (Fsp3) is 0.379. The highest BCUT2D eigenvalue weighted by molar-refractivity contribution is 6.08. The van der Waals surface area contributed by atoms with Gasteiger partial charge in [0.2, 0.25) is 11.8 Å². The van der Waals surface area contributed by atoms with Crippen molar-refractivity contribution in [3.05, 3.63) is 54.0 Å². The number of nitrogens with zero attached hydrogens (tertiary/aromatic N) is 2. The first-order valence-electron chi connectivity index (χ1n) is 13.8. The average molecular weight is 602 g/mol. The largest absolute Gasteiger partial charge is 0.573 e. The molecule has 0 spiro atoms. The monoisotopic (exact) mass is 601 g/mol. The van der Waals surface area contributed by atoms with E-state index in [0.29, 0.717) is 35.0 Å². The number of aromatic nitrogens is 1. The van der Waals surface area contributed by atoms with Crippen molar-refractivity contribution in [1.82, 2.24) is 14.8 Å². The van der Waals surface area contributed by atoms with Crippen LogP contribution in [-0.4, -0.2) is 57.6 Å². The molecule has 3 atom stereocenters. The summed E-state index contributed by atoms with van der Waals surface area (Å²) in [7, 11) is 0. The molecule has 10 nitrogen and oxygen atoms in total. The van der Waals surface area contributed by atoms with E-state index >= 15 is 0 Å². The highest BCUT2D eigenvalue weighted by Gasteiger charge is 2.56. The molecule has 4 amide bonds. The number of urea groups is 1. The van der Waals surface area contributed by atoms with Crippen LogP contribution in [0.2, 0.25) is 0 Å². The fourth-order valence-electron chi connectivity index (χ4n) is 5.67. The lowest BCUT2D eigenvalue weighted by Gasteiger charge is -2.27. The van der Waals surface area contributed by atoms with E-state index in [4.69, 9.17) is 0 Å². The van der Waals surface area contributed by atoms with Crippen LogP contribution < -0.4 is 20.7 Å². The number of carbonyl (C=O) groups is 4. The van der Waals surface area contributed by atoms with E-state index in [1.165, 1.54) is 11.8 Å². The second kappa shape index (κ2) is 10.6. The Morgan fingerprint density at radius 2 is 1.81 bits per heavy atom. The zero-order valence-electron chi connectivity index (χ0n) is 22.8. The molecule has 3 aliphatic rings. The lowest BCUT2D eigenvalue weighted by atomic mass is 10.1. The number of carbonyl (C=O) groups excluding carboxylic acids is 4. The number of anilines is 2. The molecule has 2 saturated carbocycles. The minimum atomic E-state index is -5.12. The van der Waals surface area contributed by atoms with Crippen LogP contribution in [0.4, 0.5) is 33.7 Å². The first kappa shape index (κ1) is 28.5. The molecule has 1 aliphatic heterocycles. The van der Waals surface area contributed by atoms with Gasteiger partial charge in [-0.2, -0.15) is 0 Å². The third-order valence-corrected chi connectivity index (χ3v) is 7.88. The Morgan fingerprint density at radius 1 is 1.05 bits per heavy atom. The van der Waals surface area contributed by atoms with Gasteiger partial charge in [0.15, 0.2) is 17.3 Å². The predicted molar refractivity (Wildman–Crippen MR) is 146 cm³/mol. The van der Waals surface area contributed by atoms with Gasteiger partial charge in [-0.25, -0.2) is 9.18 Å². The van der Waals surface area contributed by atoms with E-state index < -0.39 is 41.5 Å². The zero-order chi connectivity index (χ0) is 30.6. The van der Waals surface area contributed by atoms with Crippen molar-refractivity contribution in [3.63, 3.8) is 0 Å². The molecule has 2 aromatic carbocycles. The van der Waals surface area contributed by atoms with E-state index in [9.17, 15) is 36.7 Å². The van der Waals surface area contributed by atoms with Gasteiger partial charge in [-0.3, -0.25) is 14.4 Å². The lowest BCUT2D eigenvalue weighted by molar-refractivity contribution is -0.275. The SMILES string of the molecule is CC(=O)c1cn(CC(=O)N2C3C[C@@H]3C[C@H]2C(=O)Nc2cccc(OC(F)(F)F)c2F)c2ccc(NC(=O)NC3CC3)cc12. The normalized spacial score (nSPS) is 20.9. The summed E-state index contributed by atoms with van der Waals surface area (Å²) in [6.45, 7) is 1.19. The van der Waals surface area contributed by atoms with Gasteiger partial charge in [0.05, 0.1) is 5.69 Å². The van der Waals surface area contributed by atoms with Crippen LogP contribution in [0.5, 0.6) is 5.75 Å². The van der Waals surface area contributed by atoms with Gasteiger partial charge < -0.3 is 30.2 Å². The Morgan fingerprint density at radius 3 is 2.51 bits per heavy atom. The summed E-state index contributed by atoms with van der Waals surface area (Å²) in [5, 5.41) is 8.43. The van der Waals surface area contributed by atoms with Crippen LogP contribution in [0.1, 0.15) is 43.0 Å². The summed E-state index contributed by atoms with van der Waals surface area (Å²) in [4.78, 5) is 52.8. The van der Waals surface area contributed by atoms with Gasteiger partial charge in [0.25, 0.3) is 0 Å². The van der Waals surface area contributed by atoms with Crippen LogP contribution in [0.3, 0.4) is 0 Å². The quantitative estimate of drug-likeness (QED) is 0.253. The number of ether oxygens (including phenoxy) is 1. The molecule has 1 aromatic heterocycles. The van der Waals surface area contributed by atoms with Crippen LogP contribution in [-0.2, 0) is 16.1 Å². The summed E-state index contributed by atoms with van der Waals surface area (Å²) in [6, 6.07) is 6.68. The van der Waals surface area contributed by atoms with Crippen molar-refractivity contribution in [2.75, 3.05) is 10.6 Å². The van der Waals surface area contributed by atoms with Gasteiger partial charge in [0.1, 0.15) is 12.6 Å². The number of alkyl halides is 3. The Kier molecular flexibility index (Phi) is 7.01. The van der Waals surface area contributed by atoms with Crippen molar-refractivity contribution in [3.8, 4) is 5.75 Å². The number of nitrogens with one attached hydrogen (secondary N) is 3. The van der Waals surface area contributed by atoms with E-state index in [1.54, 1.807) is 29.0 Å². The number of benzene rings is 2. The molecule has 1 saturated heterocycles. The Bertz CT molecular complexity index is 1650. The van der Waals surface area contributed by atoms with Crippen molar-refractivity contribution >= 4 is 45.9 Å². The molecular weight excluding hydrogens is 574 g/mol. The molecule has 3 fully saturated rings. The second-order valence-corrected chi connectivity index (χ2v) is 11.1. The minimum absolute atomic E-state index is 0.0778. The predicted octanol–water partition coefficient (Wildman–Crippen LogP) is 4.79. The number of amides is 4. The maximum atomic E-state index is 14.7. The summed E-state index contributed by atoms with van der Waals surface area (Å²) < 4.78 is 57.8. The zero-order valence-corrected chi connectivity index (χ0v) is 22.8. The molecule has 2 heterocycles. The fourth-order valence-corrected chi connectivity index (χ4v) is 5.67. The molecule has 226 valence electrons. The maximum Gasteiger partial charge on any atom is 0.573 e. The molecule has 6 rings (SSSR count). The van der Waals surface area contributed by atoms with E-state index in [0.717, 1.165) is 31.0 Å². The molecule has 1 unspecified atom stereocenters. The Labute approximate surface area is 242 Å². The Hall–Kier alpha value is -4.62. The highest BCUT2D eigenvalue weighted by Crippen LogP contribution is 2.48. The molecule has 3 N–H and O–H groups in total. The van der Waals surface area contributed by atoms with E-state index in [1.807, 2.05) is 0 Å². The van der Waals surface area contributed by atoms with Gasteiger partial charge in [-0.05, 0) is 68.9 Å². The molecule has 0 radical (unpaired) electrons. The number of rotatable bonds is 8. The van der Waals surface area contributed by atoms with Gasteiger partial charge in [-0.1, -0.05) is 6.07 Å². The third kappa shape index (κ3) is 5.99. The number of piperidine rings is 1.